The maximum atomic E-state index is 13.6. The number of pyridine rings is 1. The molecule has 1 amide bonds. The molecule has 4 aromatic rings. The standard InChI is InChI=1S/C27H27N3O2/c28-23-10-12-24(13-11-23)30(27(31)26-16-21-6-1-2-9-25(21)32-26)18-19-5-3-7-20(15-19)22-8-4-14-29-17-22/h1-9,14-17,23-24H,10-13,18,28H2. The van der Waals surface area contributed by atoms with Crippen LogP contribution in [0.3, 0.4) is 0 Å². The normalized spacial score (nSPS) is 18.5. The van der Waals surface area contributed by atoms with Crippen molar-refractivity contribution in [3.8, 4) is 11.1 Å². The third kappa shape index (κ3) is 4.30. The first-order valence-electron chi connectivity index (χ1n) is 11.2. The number of nitrogens with two attached hydrogens (primary N) is 1. The summed E-state index contributed by atoms with van der Waals surface area (Å²) in [7, 11) is 0. The molecule has 0 atom stereocenters. The number of benzene rings is 2. The van der Waals surface area contributed by atoms with E-state index in [0.717, 1.165) is 53.3 Å². The third-order valence-electron chi connectivity index (χ3n) is 6.35. The molecule has 2 aromatic carbocycles. The molecule has 1 aliphatic carbocycles. The molecule has 2 aromatic heterocycles. The molecule has 0 unspecified atom stereocenters. The maximum absolute atomic E-state index is 13.6. The van der Waals surface area contributed by atoms with Gasteiger partial charge in [-0.3, -0.25) is 9.78 Å². The summed E-state index contributed by atoms with van der Waals surface area (Å²) in [6.07, 6.45) is 7.33. The van der Waals surface area contributed by atoms with Gasteiger partial charge >= 0.3 is 0 Å². The zero-order chi connectivity index (χ0) is 21.9. The molecule has 0 saturated heterocycles. The van der Waals surface area contributed by atoms with Crippen LogP contribution in [0.2, 0.25) is 0 Å². The van der Waals surface area contributed by atoms with Gasteiger partial charge in [0.05, 0.1) is 0 Å². The van der Waals surface area contributed by atoms with Gasteiger partial charge < -0.3 is 15.1 Å². The van der Waals surface area contributed by atoms with E-state index in [-0.39, 0.29) is 18.0 Å². The summed E-state index contributed by atoms with van der Waals surface area (Å²) in [6, 6.07) is 22.3. The van der Waals surface area contributed by atoms with Crippen LogP contribution in [-0.4, -0.2) is 27.9 Å². The summed E-state index contributed by atoms with van der Waals surface area (Å²) in [6.45, 7) is 0.532. The van der Waals surface area contributed by atoms with Crippen LogP contribution < -0.4 is 5.73 Å². The van der Waals surface area contributed by atoms with Crippen molar-refractivity contribution in [2.75, 3.05) is 0 Å². The van der Waals surface area contributed by atoms with E-state index in [2.05, 4.69) is 23.2 Å². The van der Waals surface area contributed by atoms with Crippen LogP contribution in [0.1, 0.15) is 41.8 Å². The molecule has 0 radical (unpaired) electrons. The predicted octanol–water partition coefficient (Wildman–Crippen LogP) is 5.41. The molecule has 5 rings (SSSR count). The Morgan fingerprint density at radius 2 is 1.78 bits per heavy atom. The molecule has 32 heavy (non-hydrogen) atoms. The number of furan rings is 1. The van der Waals surface area contributed by atoms with E-state index in [9.17, 15) is 4.79 Å². The fourth-order valence-corrected chi connectivity index (χ4v) is 4.59. The maximum Gasteiger partial charge on any atom is 0.290 e. The van der Waals surface area contributed by atoms with Crippen LogP contribution in [0.4, 0.5) is 0 Å². The van der Waals surface area contributed by atoms with Crippen molar-refractivity contribution in [2.24, 2.45) is 5.73 Å². The minimum absolute atomic E-state index is 0.0616. The first-order chi connectivity index (χ1) is 15.7. The summed E-state index contributed by atoms with van der Waals surface area (Å²) < 4.78 is 5.93. The lowest BCUT2D eigenvalue weighted by molar-refractivity contribution is 0.0576. The summed E-state index contributed by atoms with van der Waals surface area (Å²) in [5.74, 6) is 0.331. The molecular weight excluding hydrogens is 398 g/mol. The van der Waals surface area contributed by atoms with Crippen molar-refractivity contribution in [2.45, 2.75) is 44.3 Å². The number of carbonyl (C=O) groups is 1. The minimum atomic E-state index is -0.0616. The Kier molecular flexibility index (Phi) is 5.73. The van der Waals surface area contributed by atoms with Gasteiger partial charge in [-0.2, -0.15) is 0 Å². The molecule has 0 bridgehead atoms. The number of nitrogens with zero attached hydrogens (tertiary/aromatic N) is 2. The Bertz CT molecular complexity index is 1180. The summed E-state index contributed by atoms with van der Waals surface area (Å²) in [5.41, 5.74) is 10.1. The third-order valence-corrected chi connectivity index (χ3v) is 6.35. The minimum Gasteiger partial charge on any atom is -0.451 e. The van der Waals surface area contributed by atoms with E-state index in [1.165, 1.54) is 0 Å². The summed E-state index contributed by atoms with van der Waals surface area (Å²) in [5, 5.41) is 0.944. The van der Waals surface area contributed by atoms with Crippen LogP contribution in [-0.2, 0) is 6.54 Å². The Morgan fingerprint density at radius 3 is 2.56 bits per heavy atom. The zero-order valence-corrected chi connectivity index (χ0v) is 18.0. The number of rotatable bonds is 5. The summed E-state index contributed by atoms with van der Waals surface area (Å²) in [4.78, 5) is 19.9. The Balaban J connectivity index is 1.46. The molecule has 1 fully saturated rings. The molecule has 5 heteroatoms. The van der Waals surface area contributed by atoms with Crippen LogP contribution >= 0.6 is 0 Å². The van der Waals surface area contributed by atoms with Crippen LogP contribution in [0, 0.1) is 0 Å². The smallest absolute Gasteiger partial charge is 0.290 e. The molecule has 0 aliphatic heterocycles. The number of hydrogen-bond acceptors (Lipinski definition) is 4. The van der Waals surface area contributed by atoms with Gasteiger partial charge in [0, 0.05) is 36.4 Å². The van der Waals surface area contributed by atoms with E-state index < -0.39 is 0 Å². The lowest BCUT2D eigenvalue weighted by atomic mass is 9.90. The number of hydrogen-bond donors (Lipinski definition) is 1. The second-order valence-electron chi connectivity index (χ2n) is 8.59. The second kappa shape index (κ2) is 8.97. The van der Waals surface area contributed by atoms with E-state index in [0.29, 0.717) is 12.3 Å². The van der Waals surface area contributed by atoms with Gasteiger partial charge in [-0.15, -0.1) is 0 Å². The lowest BCUT2D eigenvalue weighted by Crippen LogP contribution is -2.43. The van der Waals surface area contributed by atoms with E-state index >= 15 is 0 Å². The second-order valence-corrected chi connectivity index (χ2v) is 8.59. The van der Waals surface area contributed by atoms with Gasteiger partial charge in [0.1, 0.15) is 5.58 Å². The van der Waals surface area contributed by atoms with Gasteiger partial charge in [-0.1, -0.05) is 42.5 Å². The van der Waals surface area contributed by atoms with E-state index in [4.69, 9.17) is 10.2 Å². The monoisotopic (exact) mass is 425 g/mol. The van der Waals surface area contributed by atoms with Gasteiger partial charge in [0.25, 0.3) is 5.91 Å². The topological polar surface area (TPSA) is 72.4 Å². The fraction of sp³-hybridized carbons (Fsp3) is 0.259. The highest BCUT2D eigenvalue weighted by molar-refractivity contribution is 5.96. The Labute approximate surface area is 187 Å². The SMILES string of the molecule is NC1CCC(N(Cc2cccc(-c3cccnc3)c2)C(=O)c2cc3ccccc3o2)CC1. The average Bonchev–Trinajstić information content (AvgIpc) is 3.28. The molecule has 0 spiro atoms. The first-order valence-corrected chi connectivity index (χ1v) is 11.2. The number of amides is 1. The molecule has 2 N–H and O–H groups in total. The highest BCUT2D eigenvalue weighted by Crippen LogP contribution is 2.28. The molecule has 1 saturated carbocycles. The van der Waals surface area contributed by atoms with Crippen LogP contribution in [0.15, 0.2) is 83.5 Å². The highest BCUT2D eigenvalue weighted by atomic mass is 16.3. The average molecular weight is 426 g/mol. The van der Waals surface area contributed by atoms with Crippen molar-refractivity contribution >= 4 is 16.9 Å². The van der Waals surface area contributed by atoms with Crippen molar-refractivity contribution in [1.82, 2.24) is 9.88 Å². The highest BCUT2D eigenvalue weighted by Gasteiger charge is 2.30. The quantitative estimate of drug-likeness (QED) is 0.464. The Morgan fingerprint density at radius 1 is 0.969 bits per heavy atom. The molecule has 5 nitrogen and oxygen atoms in total. The van der Waals surface area contributed by atoms with Crippen LogP contribution in [0.5, 0.6) is 0 Å². The lowest BCUT2D eigenvalue weighted by Gasteiger charge is -2.36. The number of para-hydroxylation sites is 1. The molecular formula is C27H27N3O2. The summed E-state index contributed by atoms with van der Waals surface area (Å²) >= 11 is 0. The van der Waals surface area contributed by atoms with Crippen LogP contribution in [0.25, 0.3) is 22.1 Å². The van der Waals surface area contributed by atoms with Crippen molar-refractivity contribution in [3.63, 3.8) is 0 Å². The van der Waals surface area contributed by atoms with Gasteiger partial charge in [0.15, 0.2) is 5.76 Å². The molecule has 1 aliphatic rings. The van der Waals surface area contributed by atoms with Crippen molar-refractivity contribution < 1.29 is 9.21 Å². The largest absolute Gasteiger partial charge is 0.451 e. The predicted molar refractivity (Wildman–Crippen MR) is 126 cm³/mol. The van der Waals surface area contributed by atoms with Gasteiger partial charge in [0.2, 0.25) is 0 Å². The Hall–Kier alpha value is -3.44. The van der Waals surface area contributed by atoms with E-state index in [1.807, 2.05) is 59.6 Å². The zero-order valence-electron chi connectivity index (χ0n) is 18.0. The first kappa shape index (κ1) is 20.5. The molecule has 162 valence electrons. The number of carbonyl (C=O) groups excluding carboxylic acids is 1. The van der Waals surface area contributed by atoms with E-state index in [1.54, 1.807) is 6.20 Å². The number of aromatic nitrogens is 1. The number of fused-ring (bicyclic) bond motifs is 1. The van der Waals surface area contributed by atoms with Crippen molar-refractivity contribution in [1.29, 1.82) is 0 Å². The molecule has 2 heterocycles. The van der Waals surface area contributed by atoms with Gasteiger partial charge in [-0.25, -0.2) is 0 Å². The van der Waals surface area contributed by atoms with Gasteiger partial charge in [-0.05, 0) is 66.6 Å². The van der Waals surface area contributed by atoms with Crippen molar-refractivity contribution in [3.05, 3.63) is 90.4 Å². The fourth-order valence-electron chi connectivity index (χ4n) is 4.59.